The van der Waals surface area contributed by atoms with Crippen LogP contribution in [-0.4, -0.2) is 31.7 Å². The summed E-state index contributed by atoms with van der Waals surface area (Å²) in [6.45, 7) is 0. The largest absolute Gasteiger partial charge is 0.350 e. The molecule has 15 heteroatoms. The van der Waals surface area contributed by atoms with Crippen molar-refractivity contribution in [3.63, 3.8) is 0 Å². The molecule has 7 rings (SSSR count). The van der Waals surface area contributed by atoms with E-state index in [1.165, 1.54) is 24.3 Å². The van der Waals surface area contributed by atoms with Gasteiger partial charge in [-0.05, 0) is 84.9 Å². The van der Waals surface area contributed by atoms with Gasteiger partial charge < -0.3 is 16.4 Å². The highest BCUT2D eigenvalue weighted by atomic mass is 35.5. The lowest BCUT2D eigenvalue weighted by Crippen LogP contribution is -2.33. The number of carbonyl (C=O) groups excluding carboxylic acids is 1. The first-order valence-electron chi connectivity index (χ1n) is 17.2. The topological polar surface area (TPSA) is 206 Å². The highest BCUT2D eigenvalue weighted by Crippen LogP contribution is 2.36. The van der Waals surface area contributed by atoms with Crippen LogP contribution >= 0.6 is 23.2 Å². The quantitative estimate of drug-likeness (QED) is 0.0883. The number of primary amides is 1. The Morgan fingerprint density at radius 2 is 0.983 bits per heavy atom. The summed E-state index contributed by atoms with van der Waals surface area (Å²) in [6, 6.07) is 39.0. The van der Waals surface area contributed by atoms with Gasteiger partial charge in [-0.2, -0.15) is 25.9 Å². The van der Waals surface area contributed by atoms with Crippen molar-refractivity contribution < 1.29 is 4.79 Å². The summed E-state index contributed by atoms with van der Waals surface area (Å²) in [4.78, 5) is 32.6. The lowest BCUT2D eigenvalue weighted by molar-refractivity contribution is 0.254. The standard InChI is InChI=1S/C43H26Cl2N12O/c44-36-7-3-1-5-32(36)34-24-50-42(52-29-15-9-26(21-46)10-16-29)54-38(34)40(56-57(41(49)58)31-19-13-28(23-48)14-20-31)39-35(33-6-2-4-8-37(33)45)25-51-43(55-39)53-30-17-11-27(22-47)12-18-30/h1-20,24-25H,(H2,49,58)(H,50,52,54)(H,51,53,55). The van der Waals surface area contributed by atoms with Crippen molar-refractivity contribution in [3.05, 3.63) is 172 Å². The molecule has 58 heavy (non-hydrogen) atoms. The maximum absolute atomic E-state index is 13.4. The number of halogens is 2. The van der Waals surface area contributed by atoms with E-state index < -0.39 is 6.03 Å². The summed E-state index contributed by atoms with van der Waals surface area (Å²) in [5.41, 5.74) is 10.9. The zero-order valence-corrected chi connectivity index (χ0v) is 31.5. The molecule has 0 saturated heterocycles. The molecule has 0 unspecified atom stereocenters. The van der Waals surface area contributed by atoms with E-state index in [-0.39, 0.29) is 34.7 Å². The number of urea groups is 1. The number of nitrogens with zero attached hydrogens (tertiary/aromatic N) is 9. The van der Waals surface area contributed by atoms with Crippen LogP contribution in [0.25, 0.3) is 22.3 Å². The summed E-state index contributed by atoms with van der Waals surface area (Å²) in [7, 11) is 0. The Kier molecular flexibility index (Phi) is 11.3. The number of carbonyl (C=O) groups is 1. The molecule has 5 aromatic carbocycles. The van der Waals surface area contributed by atoms with Crippen LogP contribution < -0.4 is 21.4 Å². The Bertz CT molecular complexity index is 2670. The molecule has 0 aliphatic rings. The maximum atomic E-state index is 13.4. The van der Waals surface area contributed by atoms with Crippen LogP contribution in [0.2, 0.25) is 10.0 Å². The third kappa shape index (κ3) is 8.40. The van der Waals surface area contributed by atoms with Crippen LogP contribution in [0.15, 0.2) is 139 Å². The van der Waals surface area contributed by atoms with Crippen LogP contribution in [-0.2, 0) is 0 Å². The molecule has 2 aromatic heterocycles. The van der Waals surface area contributed by atoms with Gasteiger partial charge in [0.05, 0.1) is 40.6 Å². The fourth-order valence-electron chi connectivity index (χ4n) is 5.73. The number of hydrogen-bond acceptors (Lipinski definition) is 11. The molecule has 7 aromatic rings. The molecule has 0 aliphatic carbocycles. The van der Waals surface area contributed by atoms with Gasteiger partial charge in [-0.3, -0.25) is 0 Å². The smallest absolute Gasteiger partial charge is 0.340 e. The van der Waals surface area contributed by atoms with Crippen molar-refractivity contribution in [3.8, 4) is 40.5 Å². The molecule has 0 spiro atoms. The van der Waals surface area contributed by atoms with Gasteiger partial charge in [0.25, 0.3) is 0 Å². The third-order valence-corrected chi connectivity index (χ3v) is 9.20. The van der Waals surface area contributed by atoms with Crippen molar-refractivity contribution in [1.82, 2.24) is 19.9 Å². The Morgan fingerprint density at radius 1 is 0.586 bits per heavy atom. The lowest BCUT2D eigenvalue weighted by Gasteiger charge is -2.21. The zero-order valence-electron chi connectivity index (χ0n) is 30.0. The van der Waals surface area contributed by atoms with Crippen molar-refractivity contribution in [2.24, 2.45) is 10.8 Å². The van der Waals surface area contributed by atoms with E-state index in [9.17, 15) is 20.6 Å². The predicted octanol–water partition coefficient (Wildman–Crippen LogP) is 9.35. The number of nitrogens with one attached hydrogen (secondary N) is 2. The number of anilines is 5. The first-order chi connectivity index (χ1) is 28.2. The average molecular weight is 798 g/mol. The monoisotopic (exact) mass is 796 g/mol. The fourth-order valence-corrected chi connectivity index (χ4v) is 6.21. The summed E-state index contributed by atoms with van der Waals surface area (Å²) >= 11 is 13.6. The maximum Gasteiger partial charge on any atom is 0.340 e. The average Bonchev–Trinajstić information content (AvgIpc) is 3.25. The van der Waals surface area contributed by atoms with Gasteiger partial charge in [0.15, 0.2) is 0 Å². The molecule has 0 fully saturated rings. The van der Waals surface area contributed by atoms with E-state index >= 15 is 0 Å². The zero-order chi connectivity index (χ0) is 40.6. The van der Waals surface area contributed by atoms with Gasteiger partial charge >= 0.3 is 6.03 Å². The lowest BCUT2D eigenvalue weighted by atomic mass is 9.97. The van der Waals surface area contributed by atoms with Crippen molar-refractivity contribution in [2.45, 2.75) is 0 Å². The number of aromatic nitrogens is 4. The number of amides is 2. The van der Waals surface area contributed by atoms with E-state index in [4.69, 9.17) is 44.0 Å². The van der Waals surface area contributed by atoms with E-state index in [2.05, 4.69) is 38.8 Å². The third-order valence-electron chi connectivity index (χ3n) is 8.54. The predicted molar refractivity (Wildman–Crippen MR) is 223 cm³/mol. The first-order valence-corrected chi connectivity index (χ1v) is 18.0. The summed E-state index contributed by atoms with van der Waals surface area (Å²) < 4.78 is 0. The van der Waals surface area contributed by atoms with Crippen LogP contribution in [0, 0.1) is 34.0 Å². The second kappa shape index (κ2) is 17.1. The van der Waals surface area contributed by atoms with E-state index in [1.807, 2.05) is 0 Å². The molecule has 0 bridgehead atoms. The van der Waals surface area contributed by atoms with E-state index in [1.54, 1.807) is 109 Å². The van der Waals surface area contributed by atoms with Crippen LogP contribution in [0.4, 0.5) is 33.8 Å². The summed E-state index contributed by atoms with van der Waals surface area (Å²) in [5, 5.41) is 41.2. The molecule has 0 radical (unpaired) electrons. The van der Waals surface area contributed by atoms with Crippen LogP contribution in [0.3, 0.4) is 0 Å². The van der Waals surface area contributed by atoms with Crippen molar-refractivity contribution in [1.29, 1.82) is 15.8 Å². The highest BCUT2D eigenvalue weighted by molar-refractivity contribution is 6.34. The molecule has 278 valence electrons. The van der Waals surface area contributed by atoms with Gasteiger partial charge in [-0.25, -0.2) is 24.7 Å². The van der Waals surface area contributed by atoms with E-state index in [0.29, 0.717) is 60.4 Å². The number of nitriles is 3. The molecule has 13 nitrogen and oxygen atoms in total. The molecule has 2 heterocycles. The van der Waals surface area contributed by atoms with Crippen molar-refractivity contribution >= 4 is 63.9 Å². The van der Waals surface area contributed by atoms with Crippen molar-refractivity contribution in [2.75, 3.05) is 15.6 Å². The minimum absolute atomic E-state index is 0.0172. The number of nitrogens with two attached hydrogens (primary N) is 1. The molecule has 4 N–H and O–H groups in total. The molecule has 2 amide bonds. The van der Waals surface area contributed by atoms with E-state index in [0.717, 1.165) is 5.01 Å². The second-order valence-corrected chi connectivity index (χ2v) is 13.1. The Hall–Kier alpha value is -8.15. The first kappa shape index (κ1) is 38.1. The fraction of sp³-hybridized carbons (Fsp3) is 0. The van der Waals surface area contributed by atoms with Gasteiger partial charge in [0.1, 0.15) is 17.1 Å². The number of benzene rings is 5. The summed E-state index contributed by atoms with van der Waals surface area (Å²) in [5.74, 6) is 0.243. The van der Waals surface area contributed by atoms with Gasteiger partial charge in [-0.1, -0.05) is 59.6 Å². The molecule has 0 saturated carbocycles. The van der Waals surface area contributed by atoms with Crippen LogP contribution in [0.1, 0.15) is 28.1 Å². The SMILES string of the molecule is N#Cc1ccc(Nc2ncc(-c3ccccc3Cl)c(C(=NN(C(N)=O)c3ccc(C#N)cc3)c3nc(Nc4ccc(C#N)cc4)ncc3-c3ccccc3Cl)n2)cc1. The molecular weight excluding hydrogens is 771 g/mol. The van der Waals surface area contributed by atoms with Gasteiger partial charge in [0, 0.05) is 56.1 Å². The minimum atomic E-state index is -0.962. The Labute approximate surface area is 341 Å². The summed E-state index contributed by atoms with van der Waals surface area (Å²) in [6.07, 6.45) is 3.13. The van der Waals surface area contributed by atoms with Gasteiger partial charge in [-0.15, -0.1) is 0 Å². The number of rotatable bonds is 10. The highest BCUT2D eigenvalue weighted by Gasteiger charge is 2.27. The molecular formula is C43H26Cl2N12O. The van der Waals surface area contributed by atoms with Crippen LogP contribution in [0.5, 0.6) is 0 Å². The second-order valence-electron chi connectivity index (χ2n) is 12.3. The minimum Gasteiger partial charge on any atom is -0.350 e. The molecule has 0 atom stereocenters. The number of hydrazone groups is 1. The van der Waals surface area contributed by atoms with Gasteiger partial charge in [0.2, 0.25) is 11.9 Å². The Morgan fingerprint density at radius 3 is 1.36 bits per heavy atom. The Balaban J connectivity index is 1.54. The number of hydrogen-bond donors (Lipinski definition) is 3. The normalized spacial score (nSPS) is 10.3. The molecule has 0 aliphatic heterocycles.